The zero-order valence-electron chi connectivity index (χ0n) is 20.3. The van der Waals surface area contributed by atoms with Crippen molar-refractivity contribution in [3.63, 3.8) is 0 Å². The molecule has 4 heteroatoms. The lowest BCUT2D eigenvalue weighted by Gasteiger charge is -2.33. The van der Waals surface area contributed by atoms with Gasteiger partial charge in [0.15, 0.2) is 0 Å². The molecule has 3 nitrogen and oxygen atoms in total. The van der Waals surface area contributed by atoms with E-state index in [2.05, 4.69) is 17.1 Å². The maximum absolute atomic E-state index is 8.57. The minimum absolute atomic E-state index is 0.00847. The Morgan fingerprint density at radius 2 is 1.50 bits per heavy atom. The zero-order valence-corrected chi connectivity index (χ0v) is 18.3. The van der Waals surface area contributed by atoms with E-state index < -0.39 is 11.8 Å². The SMILES string of the molecule is [2H]C([2H])(c1ccc(-c2ccc3c4c2Oc2ccccc2B4c2ccccc2O3)nc1)C(C)(C)C. The van der Waals surface area contributed by atoms with Gasteiger partial charge in [-0.1, -0.05) is 63.2 Å². The summed E-state index contributed by atoms with van der Waals surface area (Å²) >= 11 is 0. The summed E-state index contributed by atoms with van der Waals surface area (Å²) in [6.07, 6.45) is 0.146. The Morgan fingerprint density at radius 1 is 0.812 bits per heavy atom. The Morgan fingerprint density at radius 3 is 2.16 bits per heavy atom. The number of pyridine rings is 1. The van der Waals surface area contributed by atoms with Crippen LogP contribution in [0.1, 0.15) is 29.1 Å². The predicted molar refractivity (Wildman–Crippen MR) is 131 cm³/mol. The van der Waals surface area contributed by atoms with E-state index in [1.165, 1.54) is 0 Å². The lowest BCUT2D eigenvalue weighted by atomic mass is 9.34. The Kier molecular flexibility index (Phi) is 3.73. The first-order valence-corrected chi connectivity index (χ1v) is 10.9. The summed E-state index contributed by atoms with van der Waals surface area (Å²) in [6.45, 7) is 5.71. The number of para-hydroxylation sites is 2. The third-order valence-electron chi connectivity index (χ3n) is 5.90. The summed E-state index contributed by atoms with van der Waals surface area (Å²) in [4.78, 5) is 4.67. The number of hydrogen-bond donors (Lipinski definition) is 0. The van der Waals surface area contributed by atoms with Crippen molar-refractivity contribution in [3.05, 3.63) is 84.6 Å². The quantitative estimate of drug-likeness (QED) is 0.368. The van der Waals surface area contributed by atoms with Gasteiger partial charge in [0.1, 0.15) is 23.0 Å². The van der Waals surface area contributed by atoms with E-state index in [9.17, 15) is 0 Å². The molecule has 1 aromatic heterocycles. The van der Waals surface area contributed by atoms with Crippen LogP contribution in [0.2, 0.25) is 0 Å². The summed E-state index contributed by atoms with van der Waals surface area (Å²) in [6, 6.07) is 24.0. The van der Waals surface area contributed by atoms with E-state index in [0.29, 0.717) is 5.56 Å². The van der Waals surface area contributed by atoms with Gasteiger partial charge in [0.25, 0.3) is 6.71 Å². The van der Waals surface area contributed by atoms with Crippen LogP contribution in [0.25, 0.3) is 11.3 Å². The number of nitrogens with zero attached hydrogens (tertiary/aromatic N) is 1. The minimum atomic E-state index is -1.50. The van der Waals surface area contributed by atoms with Crippen molar-refractivity contribution in [1.29, 1.82) is 0 Å². The first-order chi connectivity index (χ1) is 16.3. The van der Waals surface area contributed by atoms with Crippen molar-refractivity contribution in [3.8, 4) is 34.3 Å². The second-order valence-electron chi connectivity index (χ2n) is 9.37. The molecule has 0 radical (unpaired) electrons. The van der Waals surface area contributed by atoms with E-state index in [-0.39, 0.29) is 6.71 Å². The number of benzene rings is 3. The highest BCUT2D eigenvalue weighted by Gasteiger charge is 2.40. The third kappa shape index (κ3) is 3.10. The Labute approximate surface area is 191 Å². The average Bonchev–Trinajstić information content (AvgIpc) is 2.83. The zero-order chi connectivity index (χ0) is 23.7. The highest BCUT2D eigenvalue weighted by Crippen LogP contribution is 2.40. The molecule has 32 heavy (non-hydrogen) atoms. The standard InChI is InChI=1S/C28H24BNO2/c1-28(2,3)16-18-12-14-22(30-17-18)19-13-15-25-26-27(19)32-24-11-7-5-9-21(24)29(26)20-8-4-6-10-23(20)31-25/h4-15,17H,16H2,1-3H3/i16D2. The molecule has 0 aliphatic carbocycles. The Bertz CT molecular complexity index is 1420. The van der Waals surface area contributed by atoms with E-state index in [0.717, 1.165) is 50.6 Å². The topological polar surface area (TPSA) is 31.4 Å². The van der Waals surface area contributed by atoms with Gasteiger partial charge in [-0.25, -0.2) is 0 Å². The summed E-state index contributed by atoms with van der Waals surface area (Å²) in [5.41, 5.74) is 4.87. The second kappa shape index (κ2) is 6.99. The van der Waals surface area contributed by atoms with Crippen LogP contribution >= 0.6 is 0 Å². The van der Waals surface area contributed by atoms with Crippen molar-refractivity contribution in [2.24, 2.45) is 5.41 Å². The molecule has 2 aliphatic heterocycles. The van der Waals surface area contributed by atoms with Gasteiger partial charge in [0.2, 0.25) is 0 Å². The van der Waals surface area contributed by atoms with Crippen LogP contribution < -0.4 is 25.9 Å². The predicted octanol–water partition coefficient (Wildman–Crippen LogP) is 5.06. The minimum Gasteiger partial charge on any atom is -0.458 e. The van der Waals surface area contributed by atoms with Crippen LogP contribution in [-0.2, 0) is 6.37 Å². The molecule has 0 amide bonds. The Balaban J connectivity index is 1.51. The molecular formula is C28H24BNO2. The van der Waals surface area contributed by atoms with Gasteiger partial charge in [-0.2, -0.15) is 0 Å². The fourth-order valence-corrected chi connectivity index (χ4v) is 4.65. The highest BCUT2D eigenvalue weighted by atomic mass is 16.5. The van der Waals surface area contributed by atoms with Gasteiger partial charge in [-0.15, -0.1) is 0 Å². The van der Waals surface area contributed by atoms with Crippen LogP contribution in [0, 0.1) is 5.41 Å². The van der Waals surface area contributed by atoms with E-state index in [1.807, 2.05) is 81.4 Å². The van der Waals surface area contributed by atoms with Crippen LogP contribution in [0.15, 0.2) is 79.0 Å². The van der Waals surface area contributed by atoms with Crippen LogP contribution in [0.3, 0.4) is 0 Å². The van der Waals surface area contributed by atoms with Gasteiger partial charge < -0.3 is 9.47 Å². The maximum atomic E-state index is 8.57. The highest BCUT2D eigenvalue weighted by molar-refractivity contribution is 6.98. The molecule has 0 atom stereocenters. The number of rotatable bonds is 2. The molecule has 0 saturated carbocycles. The fraction of sp³-hybridized carbons (Fsp3) is 0.179. The van der Waals surface area contributed by atoms with Gasteiger partial charge in [0, 0.05) is 20.0 Å². The molecule has 3 heterocycles. The molecule has 0 fully saturated rings. The van der Waals surface area contributed by atoms with Crippen molar-refractivity contribution in [2.45, 2.75) is 27.1 Å². The molecule has 0 unspecified atom stereocenters. The summed E-state index contributed by atoms with van der Waals surface area (Å²) < 4.78 is 29.9. The Hall–Kier alpha value is -3.53. The summed E-state index contributed by atoms with van der Waals surface area (Å²) in [5.74, 6) is 3.23. The van der Waals surface area contributed by atoms with Gasteiger partial charge in [0.05, 0.1) is 5.69 Å². The van der Waals surface area contributed by atoms with Crippen LogP contribution in [-0.4, -0.2) is 11.7 Å². The van der Waals surface area contributed by atoms with Crippen LogP contribution in [0.4, 0.5) is 0 Å². The monoisotopic (exact) mass is 419 g/mol. The molecule has 0 N–H and O–H groups in total. The number of fused-ring (bicyclic) bond motifs is 4. The van der Waals surface area contributed by atoms with Gasteiger partial charge in [-0.05, 0) is 58.6 Å². The largest absolute Gasteiger partial charge is 0.458 e. The summed E-state index contributed by atoms with van der Waals surface area (Å²) in [5, 5.41) is 0. The molecule has 156 valence electrons. The van der Waals surface area contributed by atoms with E-state index in [1.54, 1.807) is 6.20 Å². The summed E-state index contributed by atoms with van der Waals surface area (Å²) in [7, 11) is 0. The van der Waals surface area contributed by atoms with E-state index >= 15 is 0 Å². The van der Waals surface area contributed by atoms with E-state index in [4.69, 9.17) is 12.2 Å². The maximum Gasteiger partial charge on any atom is 0.260 e. The smallest absolute Gasteiger partial charge is 0.260 e. The first kappa shape index (κ1) is 17.1. The van der Waals surface area contributed by atoms with Crippen molar-refractivity contribution >= 4 is 23.1 Å². The van der Waals surface area contributed by atoms with Crippen molar-refractivity contribution in [2.75, 3.05) is 0 Å². The second-order valence-corrected chi connectivity index (χ2v) is 9.37. The molecule has 0 saturated heterocycles. The normalized spacial score (nSPS) is 14.8. The van der Waals surface area contributed by atoms with Gasteiger partial charge in [-0.3, -0.25) is 4.98 Å². The van der Waals surface area contributed by atoms with Crippen LogP contribution in [0.5, 0.6) is 23.0 Å². The molecule has 0 bridgehead atoms. The fourth-order valence-electron chi connectivity index (χ4n) is 4.65. The molecule has 6 rings (SSSR count). The lowest BCUT2D eigenvalue weighted by molar-refractivity contribution is 0.411. The average molecular weight is 419 g/mol. The van der Waals surface area contributed by atoms with Crippen molar-refractivity contribution in [1.82, 2.24) is 4.98 Å². The number of aromatic nitrogens is 1. The third-order valence-corrected chi connectivity index (χ3v) is 5.90. The lowest BCUT2D eigenvalue weighted by Crippen LogP contribution is -2.57. The first-order valence-electron chi connectivity index (χ1n) is 11.9. The molecule has 0 spiro atoms. The van der Waals surface area contributed by atoms with Gasteiger partial charge >= 0.3 is 0 Å². The van der Waals surface area contributed by atoms with Crippen molar-refractivity contribution < 1.29 is 12.2 Å². The number of ether oxygens (including phenoxy) is 2. The number of hydrogen-bond acceptors (Lipinski definition) is 3. The molecular weight excluding hydrogens is 393 g/mol. The molecule has 2 aliphatic rings. The molecule has 4 aromatic rings. The molecule has 3 aromatic carbocycles.